The van der Waals surface area contributed by atoms with Crippen molar-refractivity contribution in [3.05, 3.63) is 17.7 Å². The van der Waals surface area contributed by atoms with Crippen molar-refractivity contribution in [3.63, 3.8) is 0 Å². The number of carbonyl (C=O) groups excluding carboxylic acids is 2. The van der Waals surface area contributed by atoms with Crippen LogP contribution in [0.15, 0.2) is 12.1 Å². The maximum atomic E-state index is 12.5. The highest BCUT2D eigenvalue weighted by Gasteiger charge is 2.39. The summed E-state index contributed by atoms with van der Waals surface area (Å²) in [7, 11) is 1.41. The van der Waals surface area contributed by atoms with E-state index in [-0.39, 0.29) is 28.7 Å². The second-order valence-electron chi connectivity index (χ2n) is 5.29. The Hall–Kier alpha value is -2.57. The first kappa shape index (κ1) is 15.8. The number of fused-ring (bicyclic) bond motifs is 1. The molecule has 0 spiro atoms. The van der Waals surface area contributed by atoms with E-state index in [1.807, 2.05) is 0 Å². The Morgan fingerprint density at radius 1 is 1.50 bits per heavy atom. The lowest BCUT2D eigenvalue weighted by Gasteiger charge is -2.35. The molecule has 1 aliphatic rings. The molecule has 0 bridgehead atoms. The number of hydrogen-bond acceptors (Lipinski definition) is 5. The number of carboxylic acids is 1. The summed E-state index contributed by atoms with van der Waals surface area (Å²) >= 11 is 0. The molecule has 0 radical (unpaired) electrons. The van der Waals surface area contributed by atoms with Crippen LogP contribution in [0.3, 0.4) is 0 Å². The van der Waals surface area contributed by atoms with E-state index in [0.29, 0.717) is 6.29 Å². The monoisotopic (exact) mass is 307 g/mol. The molecule has 1 aliphatic heterocycles. The Balaban J connectivity index is 2.62. The van der Waals surface area contributed by atoms with Crippen molar-refractivity contribution in [2.45, 2.75) is 20.0 Å². The van der Waals surface area contributed by atoms with Crippen LogP contribution in [0.1, 0.15) is 24.2 Å². The van der Waals surface area contributed by atoms with Crippen LogP contribution in [0.2, 0.25) is 0 Å². The zero-order valence-corrected chi connectivity index (χ0v) is 12.5. The number of rotatable bonds is 5. The molecule has 0 fully saturated rings. The molecule has 1 atom stereocenters. The molecule has 22 heavy (non-hydrogen) atoms. The van der Waals surface area contributed by atoms with E-state index in [1.54, 1.807) is 13.8 Å². The SMILES string of the molecule is COc1cc(C=O)cc2c1OC(C(C)C)C(=O)N2CC(=O)O. The van der Waals surface area contributed by atoms with E-state index in [2.05, 4.69) is 0 Å². The van der Waals surface area contributed by atoms with Crippen LogP contribution >= 0.6 is 0 Å². The molecule has 1 unspecified atom stereocenters. The number of amides is 1. The van der Waals surface area contributed by atoms with Gasteiger partial charge in [0.25, 0.3) is 5.91 Å². The lowest BCUT2D eigenvalue weighted by Crippen LogP contribution is -2.50. The van der Waals surface area contributed by atoms with Gasteiger partial charge in [-0.05, 0) is 18.1 Å². The van der Waals surface area contributed by atoms with Gasteiger partial charge in [-0.1, -0.05) is 13.8 Å². The van der Waals surface area contributed by atoms with Gasteiger partial charge >= 0.3 is 5.97 Å². The van der Waals surface area contributed by atoms with Crippen molar-refractivity contribution in [1.82, 2.24) is 0 Å². The molecule has 1 aromatic rings. The summed E-state index contributed by atoms with van der Waals surface area (Å²) in [6.07, 6.45) is -0.205. The van der Waals surface area contributed by atoms with Crippen LogP contribution in [-0.4, -0.2) is 43.0 Å². The number of methoxy groups -OCH3 is 1. The molecule has 118 valence electrons. The predicted molar refractivity (Wildman–Crippen MR) is 77.6 cm³/mol. The summed E-state index contributed by atoms with van der Waals surface area (Å²) in [6.45, 7) is 3.10. The van der Waals surface area contributed by atoms with Crippen molar-refractivity contribution in [2.24, 2.45) is 5.92 Å². The number of anilines is 1. The van der Waals surface area contributed by atoms with Gasteiger partial charge in [-0.3, -0.25) is 19.3 Å². The third-order valence-corrected chi connectivity index (χ3v) is 3.36. The molecule has 1 N–H and O–H groups in total. The maximum Gasteiger partial charge on any atom is 0.323 e. The largest absolute Gasteiger partial charge is 0.493 e. The zero-order valence-electron chi connectivity index (χ0n) is 12.5. The number of ether oxygens (including phenoxy) is 2. The van der Waals surface area contributed by atoms with Gasteiger partial charge in [0.05, 0.1) is 12.8 Å². The summed E-state index contributed by atoms with van der Waals surface area (Å²) in [5.74, 6) is -1.19. The van der Waals surface area contributed by atoms with E-state index < -0.39 is 24.5 Å². The lowest BCUT2D eigenvalue weighted by atomic mass is 10.0. The molecule has 1 amide bonds. The van der Waals surface area contributed by atoms with E-state index in [0.717, 1.165) is 4.90 Å². The van der Waals surface area contributed by atoms with Crippen LogP contribution in [0.25, 0.3) is 0 Å². The standard InChI is InChI=1S/C15H17NO6/c1-8(2)13-15(20)16(6-12(18)19)10-4-9(7-17)5-11(21-3)14(10)22-13/h4-5,7-8,13H,6H2,1-3H3,(H,18,19). The molecule has 0 saturated carbocycles. The fourth-order valence-corrected chi connectivity index (χ4v) is 2.32. The first-order valence-electron chi connectivity index (χ1n) is 6.76. The molecule has 0 saturated heterocycles. The van der Waals surface area contributed by atoms with Gasteiger partial charge < -0.3 is 14.6 Å². The Morgan fingerprint density at radius 2 is 2.18 bits per heavy atom. The van der Waals surface area contributed by atoms with Crippen LogP contribution in [0.5, 0.6) is 11.5 Å². The number of carboxylic acid groups (broad SMARTS) is 1. The summed E-state index contributed by atoms with van der Waals surface area (Å²) < 4.78 is 10.9. The summed E-state index contributed by atoms with van der Waals surface area (Å²) in [4.78, 5) is 35.7. The van der Waals surface area contributed by atoms with Crippen LogP contribution in [0, 0.1) is 5.92 Å². The average molecular weight is 307 g/mol. The second kappa shape index (κ2) is 6.05. The molecule has 1 aromatic carbocycles. The Kier molecular flexibility index (Phi) is 4.35. The maximum absolute atomic E-state index is 12.5. The third kappa shape index (κ3) is 2.74. The van der Waals surface area contributed by atoms with Crippen LogP contribution in [0.4, 0.5) is 5.69 Å². The fraction of sp³-hybridized carbons (Fsp3) is 0.400. The minimum atomic E-state index is -1.15. The smallest absolute Gasteiger partial charge is 0.323 e. The van der Waals surface area contributed by atoms with Gasteiger partial charge in [0, 0.05) is 5.56 Å². The Morgan fingerprint density at radius 3 is 2.68 bits per heavy atom. The number of aliphatic carboxylic acids is 1. The molecule has 2 rings (SSSR count). The summed E-state index contributed by atoms with van der Waals surface area (Å²) in [5, 5.41) is 9.05. The van der Waals surface area contributed by atoms with E-state index in [1.165, 1.54) is 19.2 Å². The van der Waals surface area contributed by atoms with Gasteiger partial charge in [-0.2, -0.15) is 0 Å². The fourth-order valence-electron chi connectivity index (χ4n) is 2.32. The van der Waals surface area contributed by atoms with Gasteiger partial charge in [-0.25, -0.2) is 0 Å². The minimum absolute atomic E-state index is 0.146. The first-order chi connectivity index (χ1) is 10.4. The zero-order chi connectivity index (χ0) is 16.4. The highest BCUT2D eigenvalue weighted by atomic mass is 16.5. The average Bonchev–Trinajstić information content (AvgIpc) is 2.47. The van der Waals surface area contributed by atoms with Crippen molar-refractivity contribution in [1.29, 1.82) is 0 Å². The van der Waals surface area contributed by atoms with E-state index in [9.17, 15) is 14.4 Å². The quantitative estimate of drug-likeness (QED) is 0.825. The summed E-state index contributed by atoms with van der Waals surface area (Å²) in [5.41, 5.74) is 0.496. The topological polar surface area (TPSA) is 93.1 Å². The molecule has 7 nitrogen and oxygen atoms in total. The molecular weight excluding hydrogens is 290 g/mol. The highest BCUT2D eigenvalue weighted by Crippen LogP contribution is 2.43. The van der Waals surface area contributed by atoms with Gasteiger partial charge in [0.1, 0.15) is 12.8 Å². The highest BCUT2D eigenvalue weighted by molar-refractivity contribution is 6.04. The molecular formula is C15H17NO6. The van der Waals surface area contributed by atoms with Crippen molar-refractivity contribution in [3.8, 4) is 11.5 Å². The number of benzene rings is 1. The van der Waals surface area contributed by atoms with Crippen molar-refractivity contribution in [2.75, 3.05) is 18.6 Å². The lowest BCUT2D eigenvalue weighted by molar-refractivity contribution is -0.138. The van der Waals surface area contributed by atoms with Gasteiger partial charge in [-0.15, -0.1) is 0 Å². The Bertz CT molecular complexity index is 625. The van der Waals surface area contributed by atoms with Crippen LogP contribution in [-0.2, 0) is 9.59 Å². The molecule has 1 heterocycles. The number of aldehydes is 1. The van der Waals surface area contributed by atoms with Crippen molar-refractivity contribution >= 4 is 23.9 Å². The molecule has 0 aromatic heterocycles. The van der Waals surface area contributed by atoms with E-state index in [4.69, 9.17) is 14.6 Å². The number of carbonyl (C=O) groups is 3. The van der Waals surface area contributed by atoms with Crippen molar-refractivity contribution < 1.29 is 29.0 Å². The number of nitrogens with zero attached hydrogens (tertiary/aromatic N) is 1. The van der Waals surface area contributed by atoms with E-state index >= 15 is 0 Å². The number of hydrogen-bond donors (Lipinski definition) is 1. The third-order valence-electron chi connectivity index (χ3n) is 3.36. The van der Waals surface area contributed by atoms with Crippen LogP contribution < -0.4 is 14.4 Å². The van der Waals surface area contributed by atoms with Gasteiger partial charge in [0.15, 0.2) is 17.6 Å². The summed E-state index contributed by atoms with van der Waals surface area (Å²) in [6, 6.07) is 2.90. The molecule has 0 aliphatic carbocycles. The van der Waals surface area contributed by atoms with Gasteiger partial charge in [0.2, 0.25) is 0 Å². The predicted octanol–water partition coefficient (Wildman–Crippen LogP) is 1.34. The molecule has 7 heteroatoms. The normalized spacial score (nSPS) is 17.0. The minimum Gasteiger partial charge on any atom is -0.493 e. The first-order valence-corrected chi connectivity index (χ1v) is 6.76. The Labute approximate surface area is 127 Å². The second-order valence-corrected chi connectivity index (χ2v) is 5.29.